The molecule has 2 rings (SSSR count). The molecule has 0 aromatic carbocycles. The van der Waals surface area contributed by atoms with E-state index in [4.69, 9.17) is 5.73 Å². The van der Waals surface area contributed by atoms with Gasteiger partial charge in [0, 0.05) is 18.4 Å². The van der Waals surface area contributed by atoms with Crippen LogP contribution < -0.4 is 11.1 Å². The summed E-state index contributed by atoms with van der Waals surface area (Å²) >= 11 is 0. The van der Waals surface area contributed by atoms with E-state index in [0.717, 1.165) is 10.7 Å². The van der Waals surface area contributed by atoms with Crippen LogP contribution in [0.15, 0.2) is 12.3 Å². The highest BCUT2D eigenvalue weighted by Gasteiger charge is 2.35. The molecule has 0 radical (unpaired) electrons. The lowest BCUT2D eigenvalue weighted by Gasteiger charge is -2.14. The number of halogens is 3. The van der Waals surface area contributed by atoms with E-state index in [-0.39, 0.29) is 17.1 Å². The molecule has 2 aromatic heterocycles. The molecular weight excluding hydrogens is 341 g/mol. The van der Waals surface area contributed by atoms with Gasteiger partial charge in [-0.25, -0.2) is 0 Å². The maximum Gasteiger partial charge on any atom is 0.435 e. The molecule has 0 saturated heterocycles. The monoisotopic (exact) mass is 358 g/mol. The standard InChI is InChI=1S/C14H17F3N6O2/c1-4-22-6-9(11(21-22)12(18)24)19-13(25)8(3)23-7(2)5-10(20-23)14(15,16)17/h5-6,8H,4H2,1-3H3,(H2,18,24)(H,19,25). The number of amides is 2. The summed E-state index contributed by atoms with van der Waals surface area (Å²) in [6.07, 6.45) is -3.19. The molecule has 0 aliphatic rings. The van der Waals surface area contributed by atoms with Gasteiger partial charge in [0.05, 0.1) is 5.69 Å². The van der Waals surface area contributed by atoms with Crippen molar-refractivity contribution in [1.82, 2.24) is 19.6 Å². The average molecular weight is 358 g/mol. The maximum atomic E-state index is 12.7. The Kier molecular flexibility index (Phi) is 4.86. The first kappa shape index (κ1) is 18.5. The SMILES string of the molecule is CCn1cc(NC(=O)C(C)n2nc(C(F)(F)F)cc2C)c(C(N)=O)n1. The average Bonchev–Trinajstić information content (AvgIpc) is 3.09. The fraction of sp³-hybridized carbons (Fsp3) is 0.429. The molecule has 0 fully saturated rings. The number of aromatic nitrogens is 4. The van der Waals surface area contributed by atoms with Gasteiger partial charge in [-0.15, -0.1) is 0 Å². The first-order valence-electron chi connectivity index (χ1n) is 7.36. The normalized spacial score (nSPS) is 12.9. The second-order valence-corrected chi connectivity index (χ2v) is 5.39. The number of carbonyl (C=O) groups excluding carboxylic acids is 2. The van der Waals surface area contributed by atoms with Crippen LogP contribution in [0.25, 0.3) is 0 Å². The highest BCUT2D eigenvalue weighted by Crippen LogP contribution is 2.29. The number of nitrogens with zero attached hydrogens (tertiary/aromatic N) is 4. The lowest BCUT2D eigenvalue weighted by atomic mass is 10.2. The predicted molar refractivity (Wildman–Crippen MR) is 81.7 cm³/mol. The van der Waals surface area contributed by atoms with E-state index in [2.05, 4.69) is 15.5 Å². The topological polar surface area (TPSA) is 108 Å². The minimum Gasteiger partial charge on any atom is -0.364 e. The molecule has 11 heteroatoms. The number of alkyl halides is 3. The molecule has 0 saturated carbocycles. The van der Waals surface area contributed by atoms with Crippen molar-refractivity contribution in [3.05, 3.63) is 29.3 Å². The Morgan fingerprint density at radius 1 is 1.36 bits per heavy atom. The minimum absolute atomic E-state index is 0.0899. The lowest BCUT2D eigenvalue weighted by Crippen LogP contribution is -2.26. The van der Waals surface area contributed by atoms with Gasteiger partial charge in [0.25, 0.3) is 5.91 Å². The van der Waals surface area contributed by atoms with Crippen molar-refractivity contribution < 1.29 is 22.8 Å². The van der Waals surface area contributed by atoms with Crippen LogP contribution in [0.4, 0.5) is 18.9 Å². The summed E-state index contributed by atoms with van der Waals surface area (Å²) in [6.45, 7) is 5.02. The van der Waals surface area contributed by atoms with Crippen molar-refractivity contribution in [2.45, 2.75) is 39.5 Å². The van der Waals surface area contributed by atoms with E-state index < -0.39 is 29.7 Å². The van der Waals surface area contributed by atoms with Gasteiger partial charge in [0.2, 0.25) is 5.91 Å². The quantitative estimate of drug-likeness (QED) is 0.848. The second kappa shape index (κ2) is 6.57. The number of primary amides is 1. The van der Waals surface area contributed by atoms with Crippen LogP contribution in [-0.2, 0) is 17.5 Å². The molecule has 0 aliphatic heterocycles. The van der Waals surface area contributed by atoms with Crippen molar-refractivity contribution in [3.63, 3.8) is 0 Å². The number of hydrogen-bond acceptors (Lipinski definition) is 4. The number of nitrogens with one attached hydrogen (secondary N) is 1. The second-order valence-electron chi connectivity index (χ2n) is 5.39. The Bertz CT molecular complexity index is 808. The molecule has 1 atom stereocenters. The number of nitrogens with two attached hydrogens (primary N) is 1. The summed E-state index contributed by atoms with van der Waals surface area (Å²) in [7, 11) is 0. The lowest BCUT2D eigenvalue weighted by molar-refractivity contribution is -0.141. The van der Waals surface area contributed by atoms with Gasteiger partial charge in [-0.2, -0.15) is 23.4 Å². The van der Waals surface area contributed by atoms with Crippen LogP contribution in [0.3, 0.4) is 0 Å². The number of hydrogen-bond donors (Lipinski definition) is 2. The highest BCUT2D eigenvalue weighted by atomic mass is 19.4. The summed E-state index contributed by atoms with van der Waals surface area (Å²) in [4.78, 5) is 23.7. The van der Waals surface area contributed by atoms with Gasteiger partial charge in [0.1, 0.15) is 6.04 Å². The van der Waals surface area contributed by atoms with Crippen LogP contribution >= 0.6 is 0 Å². The molecule has 2 heterocycles. The van der Waals surface area contributed by atoms with Crippen molar-refractivity contribution in [2.75, 3.05) is 5.32 Å². The Morgan fingerprint density at radius 2 is 2.00 bits per heavy atom. The largest absolute Gasteiger partial charge is 0.435 e. The van der Waals surface area contributed by atoms with E-state index in [9.17, 15) is 22.8 Å². The molecule has 1 unspecified atom stereocenters. The molecular formula is C14H17F3N6O2. The van der Waals surface area contributed by atoms with Crippen LogP contribution in [0, 0.1) is 6.92 Å². The van der Waals surface area contributed by atoms with E-state index in [1.807, 2.05) is 0 Å². The minimum atomic E-state index is -4.60. The Labute approximate surface area is 140 Å². The van der Waals surface area contributed by atoms with Gasteiger partial charge in [-0.1, -0.05) is 0 Å². The van der Waals surface area contributed by atoms with Crippen LogP contribution in [0.1, 0.15) is 41.8 Å². The number of carbonyl (C=O) groups is 2. The van der Waals surface area contributed by atoms with E-state index in [0.29, 0.717) is 6.54 Å². The molecule has 2 amide bonds. The van der Waals surface area contributed by atoms with Crippen molar-refractivity contribution >= 4 is 17.5 Å². The van der Waals surface area contributed by atoms with Gasteiger partial charge >= 0.3 is 6.18 Å². The number of aryl methyl sites for hydroxylation is 2. The predicted octanol–water partition coefficient (Wildman–Crippen LogP) is 1.73. The van der Waals surface area contributed by atoms with E-state index in [1.54, 1.807) is 6.92 Å². The van der Waals surface area contributed by atoms with Crippen molar-refractivity contribution in [2.24, 2.45) is 5.73 Å². The van der Waals surface area contributed by atoms with E-state index >= 15 is 0 Å². The van der Waals surface area contributed by atoms with Gasteiger partial charge < -0.3 is 11.1 Å². The number of anilines is 1. The molecule has 136 valence electrons. The van der Waals surface area contributed by atoms with Gasteiger partial charge in [-0.05, 0) is 26.8 Å². The molecule has 0 bridgehead atoms. The summed E-state index contributed by atoms with van der Waals surface area (Å²) in [5.74, 6) is -1.48. The first-order valence-corrected chi connectivity index (χ1v) is 7.36. The van der Waals surface area contributed by atoms with E-state index in [1.165, 1.54) is 24.7 Å². The molecule has 25 heavy (non-hydrogen) atoms. The third kappa shape index (κ3) is 3.80. The fourth-order valence-electron chi connectivity index (χ4n) is 2.22. The molecule has 8 nitrogen and oxygen atoms in total. The summed E-state index contributed by atoms with van der Waals surface area (Å²) in [6, 6.07) is -0.185. The molecule has 2 aromatic rings. The molecule has 0 aliphatic carbocycles. The third-order valence-electron chi connectivity index (χ3n) is 3.54. The first-order chi connectivity index (χ1) is 11.5. The summed E-state index contributed by atoms with van der Waals surface area (Å²) in [5, 5.41) is 9.82. The fourth-order valence-corrected chi connectivity index (χ4v) is 2.22. The van der Waals surface area contributed by atoms with Gasteiger partial charge in [-0.3, -0.25) is 19.0 Å². The highest BCUT2D eigenvalue weighted by molar-refractivity contribution is 6.02. The number of rotatable bonds is 5. The van der Waals surface area contributed by atoms with Crippen LogP contribution in [-0.4, -0.2) is 31.4 Å². The zero-order chi connectivity index (χ0) is 18.9. The van der Waals surface area contributed by atoms with Crippen LogP contribution in [0.2, 0.25) is 0 Å². The summed E-state index contributed by atoms with van der Waals surface area (Å²) in [5.41, 5.74) is 4.27. The Hall–Kier alpha value is -2.85. The Balaban J connectivity index is 2.26. The van der Waals surface area contributed by atoms with Crippen LogP contribution in [0.5, 0.6) is 0 Å². The zero-order valence-corrected chi connectivity index (χ0v) is 13.8. The zero-order valence-electron chi connectivity index (χ0n) is 13.8. The van der Waals surface area contributed by atoms with Crippen molar-refractivity contribution in [1.29, 1.82) is 0 Å². The Morgan fingerprint density at radius 3 is 2.48 bits per heavy atom. The van der Waals surface area contributed by atoms with Gasteiger partial charge in [0.15, 0.2) is 11.4 Å². The van der Waals surface area contributed by atoms with Crippen molar-refractivity contribution in [3.8, 4) is 0 Å². The third-order valence-corrected chi connectivity index (χ3v) is 3.54. The summed E-state index contributed by atoms with van der Waals surface area (Å²) < 4.78 is 40.6. The smallest absolute Gasteiger partial charge is 0.364 e. The molecule has 0 spiro atoms. The maximum absolute atomic E-state index is 12.7. The molecule has 3 N–H and O–H groups in total.